The van der Waals surface area contributed by atoms with Crippen molar-refractivity contribution in [1.82, 2.24) is 16.0 Å². The second-order valence-electron chi connectivity index (χ2n) is 7.07. The van der Waals surface area contributed by atoms with Crippen LogP contribution in [0.3, 0.4) is 0 Å². The van der Waals surface area contributed by atoms with Gasteiger partial charge in [-0.15, -0.1) is 0 Å². The Labute approximate surface area is 171 Å². The van der Waals surface area contributed by atoms with Crippen molar-refractivity contribution >= 4 is 22.7 Å². The Morgan fingerprint density at radius 3 is 2.68 bits per heavy atom. The van der Waals surface area contributed by atoms with Gasteiger partial charge in [0.25, 0.3) is 0 Å². The molecule has 1 aliphatic carbocycles. The molecule has 0 radical (unpaired) electrons. The van der Waals surface area contributed by atoms with Gasteiger partial charge in [0.1, 0.15) is 0 Å². The topological polar surface area (TPSA) is 82.6 Å². The van der Waals surface area contributed by atoms with Gasteiger partial charge in [0.05, 0.1) is 6.54 Å². The predicted molar refractivity (Wildman–Crippen MR) is 117 cm³/mol. The molecule has 6 nitrogen and oxygen atoms in total. The summed E-state index contributed by atoms with van der Waals surface area (Å²) < 4.78 is 12.1. The van der Waals surface area contributed by atoms with E-state index in [9.17, 15) is 9.00 Å². The SMILES string of the molecule is CCNC(=NCCC(=O)NCc1ccccc1)NC1CCCC(S(=O)CC)C1. The summed E-state index contributed by atoms with van der Waals surface area (Å²) >= 11 is 0. The van der Waals surface area contributed by atoms with Gasteiger partial charge >= 0.3 is 0 Å². The lowest BCUT2D eigenvalue weighted by atomic mass is 9.95. The van der Waals surface area contributed by atoms with E-state index in [4.69, 9.17) is 0 Å². The molecule has 1 fully saturated rings. The number of nitrogens with zero attached hydrogens (tertiary/aromatic N) is 1. The van der Waals surface area contributed by atoms with Crippen LogP contribution in [0.25, 0.3) is 0 Å². The van der Waals surface area contributed by atoms with Crippen LogP contribution in [-0.2, 0) is 22.1 Å². The highest BCUT2D eigenvalue weighted by Gasteiger charge is 2.26. The Morgan fingerprint density at radius 2 is 1.96 bits per heavy atom. The Balaban J connectivity index is 1.77. The van der Waals surface area contributed by atoms with Crippen molar-refractivity contribution < 1.29 is 9.00 Å². The molecule has 0 saturated heterocycles. The summed E-state index contributed by atoms with van der Waals surface area (Å²) in [4.78, 5) is 16.6. The average Bonchev–Trinajstić information content (AvgIpc) is 2.72. The fourth-order valence-electron chi connectivity index (χ4n) is 3.42. The van der Waals surface area contributed by atoms with Gasteiger partial charge in [0.2, 0.25) is 5.91 Å². The van der Waals surface area contributed by atoms with Crippen molar-refractivity contribution in [2.75, 3.05) is 18.8 Å². The number of aliphatic imine (C=N–C) groups is 1. The maximum atomic E-state index is 12.1. The first-order valence-corrected chi connectivity index (χ1v) is 11.7. The van der Waals surface area contributed by atoms with Crippen molar-refractivity contribution in [3.63, 3.8) is 0 Å². The minimum atomic E-state index is -0.736. The number of amides is 1. The molecule has 0 spiro atoms. The van der Waals surface area contributed by atoms with E-state index in [0.717, 1.165) is 49.5 Å². The van der Waals surface area contributed by atoms with Crippen molar-refractivity contribution in [1.29, 1.82) is 0 Å². The largest absolute Gasteiger partial charge is 0.357 e. The summed E-state index contributed by atoms with van der Waals surface area (Å²) in [6.45, 7) is 5.76. The lowest BCUT2D eigenvalue weighted by Gasteiger charge is -2.30. The Kier molecular flexibility index (Phi) is 10.0. The fourth-order valence-corrected chi connectivity index (χ4v) is 4.77. The lowest BCUT2D eigenvalue weighted by molar-refractivity contribution is -0.121. The van der Waals surface area contributed by atoms with E-state index >= 15 is 0 Å². The van der Waals surface area contributed by atoms with Crippen molar-refractivity contribution in [2.24, 2.45) is 4.99 Å². The van der Waals surface area contributed by atoms with Crippen LogP contribution in [0.2, 0.25) is 0 Å². The van der Waals surface area contributed by atoms with Gasteiger partial charge < -0.3 is 16.0 Å². The number of carbonyl (C=O) groups excluding carboxylic acids is 1. The number of guanidine groups is 1. The first kappa shape index (κ1) is 22.4. The number of carbonyl (C=O) groups is 1. The second-order valence-corrected chi connectivity index (χ2v) is 9.08. The van der Waals surface area contributed by atoms with Crippen LogP contribution in [0.5, 0.6) is 0 Å². The fraction of sp³-hybridized carbons (Fsp3) is 0.619. The van der Waals surface area contributed by atoms with Crippen molar-refractivity contribution in [2.45, 2.75) is 63.8 Å². The summed E-state index contributed by atoms with van der Waals surface area (Å²) in [6, 6.07) is 10.2. The Morgan fingerprint density at radius 1 is 1.18 bits per heavy atom. The van der Waals surface area contributed by atoms with Gasteiger partial charge in [0.15, 0.2) is 5.96 Å². The first-order chi connectivity index (χ1) is 13.6. The van der Waals surface area contributed by atoms with E-state index in [1.165, 1.54) is 0 Å². The number of hydrogen-bond donors (Lipinski definition) is 3. The second kappa shape index (κ2) is 12.5. The quantitative estimate of drug-likeness (QED) is 0.434. The third-order valence-corrected chi connectivity index (χ3v) is 6.65. The summed E-state index contributed by atoms with van der Waals surface area (Å²) in [7, 11) is -0.736. The summed E-state index contributed by atoms with van der Waals surface area (Å²) in [6.07, 6.45) is 4.49. The van der Waals surface area contributed by atoms with E-state index in [1.807, 2.05) is 44.2 Å². The zero-order chi connectivity index (χ0) is 20.2. The molecule has 0 heterocycles. The molecular weight excluding hydrogens is 372 g/mol. The van der Waals surface area contributed by atoms with Crippen LogP contribution in [0, 0.1) is 0 Å². The van der Waals surface area contributed by atoms with Crippen LogP contribution >= 0.6 is 0 Å². The number of benzene rings is 1. The third kappa shape index (κ3) is 8.00. The number of nitrogens with one attached hydrogen (secondary N) is 3. The van der Waals surface area contributed by atoms with E-state index < -0.39 is 10.8 Å². The molecule has 2 rings (SSSR count). The molecule has 1 aromatic carbocycles. The smallest absolute Gasteiger partial charge is 0.222 e. The maximum absolute atomic E-state index is 12.1. The molecule has 156 valence electrons. The molecule has 7 heteroatoms. The summed E-state index contributed by atoms with van der Waals surface area (Å²) in [5, 5.41) is 9.93. The van der Waals surface area contributed by atoms with Crippen LogP contribution in [0.15, 0.2) is 35.3 Å². The van der Waals surface area contributed by atoms with Crippen LogP contribution < -0.4 is 16.0 Å². The molecule has 0 bridgehead atoms. The highest BCUT2D eigenvalue weighted by Crippen LogP contribution is 2.22. The molecule has 1 amide bonds. The predicted octanol–water partition coefficient (Wildman–Crippen LogP) is 2.33. The molecule has 0 aromatic heterocycles. The van der Waals surface area contributed by atoms with Crippen LogP contribution in [0.1, 0.15) is 51.5 Å². The summed E-state index contributed by atoms with van der Waals surface area (Å²) in [5.74, 6) is 1.47. The van der Waals surface area contributed by atoms with Gasteiger partial charge in [0, 0.05) is 47.4 Å². The monoisotopic (exact) mass is 406 g/mol. The molecular formula is C21H34N4O2S. The molecule has 28 heavy (non-hydrogen) atoms. The van der Waals surface area contributed by atoms with E-state index in [2.05, 4.69) is 20.9 Å². The lowest BCUT2D eigenvalue weighted by Crippen LogP contribution is -2.46. The highest BCUT2D eigenvalue weighted by atomic mass is 32.2. The van der Waals surface area contributed by atoms with Crippen LogP contribution in [-0.4, -0.2) is 46.2 Å². The van der Waals surface area contributed by atoms with E-state index in [1.54, 1.807) is 0 Å². The van der Waals surface area contributed by atoms with Crippen molar-refractivity contribution in [3.05, 3.63) is 35.9 Å². The van der Waals surface area contributed by atoms with Gasteiger partial charge in [-0.25, -0.2) is 0 Å². The zero-order valence-electron chi connectivity index (χ0n) is 17.1. The normalized spacial score (nSPS) is 21.0. The first-order valence-electron chi connectivity index (χ1n) is 10.3. The molecule has 3 unspecified atom stereocenters. The zero-order valence-corrected chi connectivity index (χ0v) is 17.9. The molecule has 1 aliphatic rings. The molecule has 1 aromatic rings. The third-order valence-electron chi connectivity index (χ3n) is 4.91. The van der Waals surface area contributed by atoms with E-state index in [0.29, 0.717) is 25.6 Å². The highest BCUT2D eigenvalue weighted by molar-refractivity contribution is 7.85. The molecule has 1 saturated carbocycles. The van der Waals surface area contributed by atoms with Gasteiger partial charge in [-0.1, -0.05) is 43.7 Å². The van der Waals surface area contributed by atoms with E-state index in [-0.39, 0.29) is 11.2 Å². The summed E-state index contributed by atoms with van der Waals surface area (Å²) in [5.41, 5.74) is 1.09. The average molecular weight is 407 g/mol. The van der Waals surface area contributed by atoms with Gasteiger partial charge in [-0.3, -0.25) is 14.0 Å². The van der Waals surface area contributed by atoms with Gasteiger partial charge in [-0.05, 0) is 31.7 Å². The maximum Gasteiger partial charge on any atom is 0.222 e. The van der Waals surface area contributed by atoms with Crippen LogP contribution in [0.4, 0.5) is 0 Å². The Hall–Kier alpha value is -1.89. The minimum Gasteiger partial charge on any atom is -0.357 e. The number of rotatable bonds is 9. The molecule has 3 atom stereocenters. The minimum absolute atomic E-state index is 0.000440. The molecule has 3 N–H and O–H groups in total. The van der Waals surface area contributed by atoms with Gasteiger partial charge in [-0.2, -0.15) is 0 Å². The van der Waals surface area contributed by atoms with Crippen molar-refractivity contribution in [3.8, 4) is 0 Å². The number of hydrogen-bond acceptors (Lipinski definition) is 3. The Bertz CT molecular complexity index is 651. The molecule has 0 aliphatic heterocycles. The standard InChI is InChI=1S/C21H34N4O2S/c1-3-22-21(25-18-11-8-12-19(15-18)28(27)4-2)23-14-13-20(26)24-16-17-9-6-5-7-10-17/h5-7,9-10,18-19H,3-4,8,11-16H2,1-2H3,(H,24,26)(H2,22,23,25).